The minimum Gasteiger partial charge on any atom is -0.355 e. The molecule has 1 atom stereocenters. The van der Waals surface area contributed by atoms with Crippen molar-refractivity contribution in [2.75, 3.05) is 13.1 Å². The van der Waals surface area contributed by atoms with Crippen LogP contribution < -0.4 is 0 Å². The molecule has 128 valence electrons. The van der Waals surface area contributed by atoms with Crippen molar-refractivity contribution in [2.24, 2.45) is 0 Å². The van der Waals surface area contributed by atoms with Crippen LogP contribution >= 0.6 is 0 Å². The van der Waals surface area contributed by atoms with Crippen molar-refractivity contribution in [2.45, 2.75) is 25.8 Å². The lowest BCUT2D eigenvalue weighted by Crippen LogP contribution is -2.40. The smallest absolute Gasteiger partial charge is 0.276 e. The number of carbonyl (C=O) groups excluding carboxylic acids is 1. The fraction of sp³-hybridized carbons (Fsp3) is 0.333. The molecule has 1 saturated heterocycles. The molecular weight excluding hydrogens is 318 g/mol. The van der Waals surface area contributed by atoms with Gasteiger partial charge >= 0.3 is 0 Å². The zero-order valence-electron chi connectivity index (χ0n) is 14.0. The minimum atomic E-state index is -0.0960. The van der Waals surface area contributed by atoms with Gasteiger partial charge < -0.3 is 14.0 Å². The van der Waals surface area contributed by atoms with Gasteiger partial charge in [0.1, 0.15) is 5.82 Å². The van der Waals surface area contributed by atoms with E-state index in [4.69, 9.17) is 4.52 Å². The van der Waals surface area contributed by atoms with Gasteiger partial charge in [-0.3, -0.25) is 9.78 Å². The minimum absolute atomic E-state index is 0.0960. The Balaban J connectivity index is 1.51. The summed E-state index contributed by atoms with van der Waals surface area (Å²) in [5, 5.41) is 3.96. The van der Waals surface area contributed by atoms with Crippen LogP contribution in [0.4, 0.5) is 0 Å². The van der Waals surface area contributed by atoms with E-state index in [-0.39, 0.29) is 11.9 Å². The highest BCUT2D eigenvalue weighted by Crippen LogP contribution is 2.25. The van der Waals surface area contributed by atoms with Gasteiger partial charge in [-0.25, -0.2) is 4.98 Å². The van der Waals surface area contributed by atoms with Crippen molar-refractivity contribution < 1.29 is 9.32 Å². The molecule has 0 aromatic carbocycles. The Morgan fingerprint density at radius 2 is 2.28 bits per heavy atom. The number of pyridine rings is 1. The van der Waals surface area contributed by atoms with Crippen molar-refractivity contribution in [1.82, 2.24) is 24.6 Å². The predicted molar refractivity (Wildman–Crippen MR) is 90.9 cm³/mol. The summed E-state index contributed by atoms with van der Waals surface area (Å²) in [5.41, 5.74) is 1.14. The Morgan fingerprint density at radius 1 is 1.36 bits per heavy atom. The quantitative estimate of drug-likeness (QED) is 0.734. The second-order valence-corrected chi connectivity index (χ2v) is 6.25. The average molecular weight is 337 g/mol. The molecular formula is C18H19N5O2. The maximum absolute atomic E-state index is 12.8. The maximum atomic E-state index is 12.8. The number of likely N-dealkylation sites (tertiary alicyclic amines) is 1. The third-order valence-electron chi connectivity index (χ3n) is 4.61. The summed E-state index contributed by atoms with van der Waals surface area (Å²) in [6.45, 7) is 3.38. The molecule has 3 aromatic rings. The third-order valence-corrected chi connectivity index (χ3v) is 4.61. The van der Waals surface area contributed by atoms with E-state index in [0.29, 0.717) is 18.0 Å². The zero-order chi connectivity index (χ0) is 17.2. The molecule has 1 amide bonds. The molecule has 0 N–H and O–H groups in total. The van der Waals surface area contributed by atoms with Crippen LogP contribution in [-0.2, 0) is 0 Å². The van der Waals surface area contributed by atoms with E-state index in [1.807, 2.05) is 30.2 Å². The normalized spacial score (nSPS) is 17.6. The molecule has 0 bridgehead atoms. The molecule has 7 heteroatoms. The van der Waals surface area contributed by atoms with Crippen LogP contribution in [0, 0.1) is 6.92 Å². The number of rotatable bonds is 3. The first-order valence-electron chi connectivity index (χ1n) is 8.38. The fourth-order valence-corrected chi connectivity index (χ4v) is 3.32. The Labute approximate surface area is 145 Å². The number of piperidine rings is 1. The van der Waals surface area contributed by atoms with Crippen LogP contribution in [0.25, 0.3) is 11.3 Å². The topological polar surface area (TPSA) is 77.0 Å². The first-order valence-corrected chi connectivity index (χ1v) is 8.38. The van der Waals surface area contributed by atoms with Gasteiger partial charge in [-0.05, 0) is 31.9 Å². The van der Waals surface area contributed by atoms with Crippen molar-refractivity contribution >= 4 is 5.91 Å². The Kier molecular flexibility index (Phi) is 4.05. The van der Waals surface area contributed by atoms with Gasteiger partial charge in [-0.1, -0.05) is 5.16 Å². The lowest BCUT2D eigenvalue weighted by atomic mass is 10.0. The highest BCUT2D eigenvalue weighted by Gasteiger charge is 2.28. The Bertz CT molecular complexity index is 870. The summed E-state index contributed by atoms with van der Waals surface area (Å²) in [6.07, 6.45) is 9.16. The SMILES string of the molecule is Cc1nccn1C1CCCN(C(=O)c2cc(-c3cccnc3)on2)C1. The monoisotopic (exact) mass is 337 g/mol. The summed E-state index contributed by atoms with van der Waals surface area (Å²) in [7, 11) is 0. The van der Waals surface area contributed by atoms with E-state index in [2.05, 4.69) is 19.7 Å². The summed E-state index contributed by atoms with van der Waals surface area (Å²) in [4.78, 5) is 23.0. The average Bonchev–Trinajstić information content (AvgIpc) is 3.31. The number of carbonyl (C=O) groups is 1. The number of amides is 1. The standard InChI is InChI=1S/C18H19N5O2/c1-13-20-7-9-23(13)15-5-3-8-22(12-15)18(24)16-10-17(25-21-16)14-4-2-6-19-11-14/h2,4,6-7,9-11,15H,3,5,8,12H2,1H3. The van der Waals surface area contributed by atoms with Gasteiger partial charge in [-0.15, -0.1) is 0 Å². The van der Waals surface area contributed by atoms with Crippen molar-refractivity contribution in [3.63, 3.8) is 0 Å². The molecule has 0 saturated carbocycles. The van der Waals surface area contributed by atoms with Crippen LogP contribution in [-0.4, -0.2) is 43.6 Å². The molecule has 0 radical (unpaired) electrons. The van der Waals surface area contributed by atoms with Crippen LogP contribution in [0.3, 0.4) is 0 Å². The highest BCUT2D eigenvalue weighted by molar-refractivity contribution is 5.93. The molecule has 4 heterocycles. The molecule has 3 aromatic heterocycles. The first kappa shape index (κ1) is 15.6. The zero-order valence-corrected chi connectivity index (χ0v) is 14.0. The first-order chi connectivity index (χ1) is 12.2. The Hall–Kier alpha value is -2.96. The van der Waals surface area contributed by atoms with Gasteiger partial charge in [0.2, 0.25) is 0 Å². The summed E-state index contributed by atoms with van der Waals surface area (Å²) < 4.78 is 7.47. The number of hydrogen-bond acceptors (Lipinski definition) is 5. The molecule has 1 aliphatic rings. The van der Waals surface area contributed by atoms with E-state index < -0.39 is 0 Å². The second-order valence-electron chi connectivity index (χ2n) is 6.25. The van der Waals surface area contributed by atoms with Gasteiger partial charge in [0.25, 0.3) is 5.91 Å². The fourth-order valence-electron chi connectivity index (χ4n) is 3.32. The lowest BCUT2D eigenvalue weighted by Gasteiger charge is -2.33. The van der Waals surface area contributed by atoms with Gasteiger partial charge in [0, 0.05) is 49.5 Å². The molecule has 1 aliphatic heterocycles. The van der Waals surface area contributed by atoms with E-state index in [1.165, 1.54) is 0 Å². The summed E-state index contributed by atoms with van der Waals surface area (Å²) in [6, 6.07) is 5.64. The molecule has 0 aliphatic carbocycles. The predicted octanol–water partition coefficient (Wildman–Crippen LogP) is 2.72. The number of hydrogen-bond donors (Lipinski definition) is 0. The molecule has 1 unspecified atom stereocenters. The summed E-state index contributed by atoms with van der Waals surface area (Å²) in [5.74, 6) is 1.43. The lowest BCUT2D eigenvalue weighted by molar-refractivity contribution is 0.0668. The van der Waals surface area contributed by atoms with Gasteiger partial charge in [0.15, 0.2) is 11.5 Å². The van der Waals surface area contributed by atoms with Crippen LogP contribution in [0.5, 0.6) is 0 Å². The number of imidazole rings is 1. The van der Waals surface area contributed by atoms with E-state index in [0.717, 1.165) is 30.8 Å². The number of aryl methyl sites for hydroxylation is 1. The van der Waals surface area contributed by atoms with Crippen LogP contribution in [0.2, 0.25) is 0 Å². The molecule has 4 rings (SSSR count). The van der Waals surface area contributed by atoms with Crippen molar-refractivity contribution in [3.05, 3.63) is 54.5 Å². The Morgan fingerprint density at radius 3 is 3.04 bits per heavy atom. The third kappa shape index (κ3) is 3.05. The van der Waals surface area contributed by atoms with Crippen molar-refractivity contribution in [1.29, 1.82) is 0 Å². The summed E-state index contributed by atoms with van der Waals surface area (Å²) >= 11 is 0. The highest BCUT2D eigenvalue weighted by atomic mass is 16.5. The number of nitrogens with zero attached hydrogens (tertiary/aromatic N) is 5. The number of aromatic nitrogens is 4. The van der Waals surface area contributed by atoms with Crippen LogP contribution in [0.1, 0.15) is 35.2 Å². The van der Waals surface area contributed by atoms with Gasteiger partial charge in [-0.2, -0.15) is 0 Å². The van der Waals surface area contributed by atoms with E-state index >= 15 is 0 Å². The molecule has 1 fully saturated rings. The van der Waals surface area contributed by atoms with Gasteiger partial charge in [0.05, 0.1) is 6.04 Å². The van der Waals surface area contributed by atoms with Crippen molar-refractivity contribution in [3.8, 4) is 11.3 Å². The van der Waals surface area contributed by atoms with E-state index in [9.17, 15) is 4.79 Å². The largest absolute Gasteiger partial charge is 0.355 e. The molecule has 25 heavy (non-hydrogen) atoms. The second kappa shape index (κ2) is 6.51. The van der Waals surface area contributed by atoms with E-state index in [1.54, 1.807) is 24.7 Å². The van der Waals surface area contributed by atoms with Crippen LogP contribution in [0.15, 0.2) is 47.5 Å². The molecule has 0 spiro atoms. The molecule has 7 nitrogen and oxygen atoms in total. The maximum Gasteiger partial charge on any atom is 0.276 e.